The van der Waals surface area contributed by atoms with Crippen molar-refractivity contribution >= 4 is 29.0 Å². The summed E-state index contributed by atoms with van der Waals surface area (Å²) in [6.45, 7) is -0.391. The third-order valence-corrected chi connectivity index (χ3v) is 4.03. The number of rotatable bonds is 5. The molecule has 2 aromatic carbocycles. The number of carbonyl (C=O) groups is 2. The summed E-state index contributed by atoms with van der Waals surface area (Å²) in [7, 11) is 0. The predicted molar refractivity (Wildman–Crippen MR) is 101 cm³/mol. The Balaban J connectivity index is 1.87. The van der Waals surface area contributed by atoms with Crippen molar-refractivity contribution in [3.05, 3.63) is 99.2 Å². The van der Waals surface area contributed by atoms with E-state index in [1.165, 1.54) is 18.2 Å². The summed E-state index contributed by atoms with van der Waals surface area (Å²) in [5, 5.41) is 2.92. The average Bonchev–Trinajstić information content (AvgIpc) is 2.66. The Morgan fingerprint density at radius 3 is 2.52 bits per heavy atom. The molecular formula is C20H14ClFN2O3. The van der Waals surface area contributed by atoms with E-state index < -0.39 is 23.8 Å². The van der Waals surface area contributed by atoms with E-state index in [-0.39, 0.29) is 17.0 Å². The number of pyridine rings is 1. The van der Waals surface area contributed by atoms with Crippen LogP contribution in [0.5, 0.6) is 0 Å². The number of amides is 1. The van der Waals surface area contributed by atoms with E-state index in [0.717, 1.165) is 22.9 Å². The Bertz CT molecular complexity index is 1060. The van der Waals surface area contributed by atoms with Crippen molar-refractivity contribution < 1.29 is 14.0 Å². The molecular weight excluding hydrogens is 371 g/mol. The minimum absolute atomic E-state index is 0.216. The highest BCUT2D eigenvalue weighted by atomic mass is 35.5. The molecule has 7 heteroatoms. The molecule has 5 nitrogen and oxygen atoms in total. The molecule has 0 atom stereocenters. The lowest BCUT2D eigenvalue weighted by Crippen LogP contribution is -2.27. The molecule has 3 rings (SSSR count). The van der Waals surface area contributed by atoms with Crippen LogP contribution in [0.3, 0.4) is 0 Å². The lowest BCUT2D eigenvalue weighted by molar-refractivity contribution is -0.116. The standard InChI is InChI=1S/C20H14ClFN2O3/c21-14-6-8-17(16(10-14)20(27)13-4-2-1-3-5-13)23-18(25)12-24-11-15(22)7-9-19(24)26/h1-11H,12H2,(H,23,25). The topological polar surface area (TPSA) is 68.2 Å². The molecule has 1 N–H and O–H groups in total. The second kappa shape index (κ2) is 7.97. The van der Waals surface area contributed by atoms with Gasteiger partial charge in [0.15, 0.2) is 5.78 Å². The first-order valence-corrected chi connectivity index (χ1v) is 8.37. The molecule has 3 aromatic rings. The normalized spacial score (nSPS) is 10.4. The van der Waals surface area contributed by atoms with E-state index in [4.69, 9.17) is 11.6 Å². The monoisotopic (exact) mass is 384 g/mol. The fraction of sp³-hybridized carbons (Fsp3) is 0.0500. The number of aromatic nitrogens is 1. The van der Waals surface area contributed by atoms with Crippen LogP contribution < -0.4 is 10.9 Å². The fourth-order valence-corrected chi connectivity index (χ4v) is 2.70. The van der Waals surface area contributed by atoms with Gasteiger partial charge in [-0.3, -0.25) is 14.4 Å². The Hall–Kier alpha value is -3.25. The maximum absolute atomic E-state index is 13.3. The average molecular weight is 385 g/mol. The van der Waals surface area contributed by atoms with Crippen LogP contribution >= 0.6 is 11.6 Å². The number of hydrogen-bond donors (Lipinski definition) is 1. The molecule has 0 radical (unpaired) electrons. The molecule has 0 spiro atoms. The maximum atomic E-state index is 13.3. The molecule has 1 heterocycles. The van der Waals surface area contributed by atoms with Gasteiger partial charge >= 0.3 is 0 Å². The molecule has 1 amide bonds. The molecule has 0 aliphatic rings. The van der Waals surface area contributed by atoms with E-state index in [0.29, 0.717) is 10.6 Å². The van der Waals surface area contributed by atoms with Crippen molar-refractivity contribution in [2.45, 2.75) is 6.54 Å². The van der Waals surface area contributed by atoms with Gasteiger partial charge in [0.2, 0.25) is 5.91 Å². The van der Waals surface area contributed by atoms with Crippen molar-refractivity contribution in [2.24, 2.45) is 0 Å². The van der Waals surface area contributed by atoms with Crippen LogP contribution in [0.25, 0.3) is 0 Å². The molecule has 0 unspecified atom stereocenters. The van der Waals surface area contributed by atoms with Crippen molar-refractivity contribution in [1.82, 2.24) is 4.57 Å². The molecule has 27 heavy (non-hydrogen) atoms. The van der Waals surface area contributed by atoms with Gasteiger partial charge in [-0.15, -0.1) is 0 Å². The lowest BCUT2D eigenvalue weighted by atomic mass is 10.0. The highest BCUT2D eigenvalue weighted by Gasteiger charge is 2.16. The van der Waals surface area contributed by atoms with Crippen molar-refractivity contribution in [3.8, 4) is 0 Å². The van der Waals surface area contributed by atoms with E-state index in [1.54, 1.807) is 30.3 Å². The summed E-state index contributed by atoms with van der Waals surface area (Å²) in [6.07, 6.45) is 0.944. The number of carbonyl (C=O) groups excluding carboxylic acids is 2. The van der Waals surface area contributed by atoms with Crippen molar-refractivity contribution in [2.75, 3.05) is 5.32 Å². The minimum atomic E-state index is -0.631. The van der Waals surface area contributed by atoms with Gasteiger partial charge in [-0.1, -0.05) is 41.9 Å². The van der Waals surface area contributed by atoms with Gasteiger partial charge < -0.3 is 9.88 Å². The molecule has 0 aliphatic heterocycles. The number of anilines is 1. The van der Waals surface area contributed by atoms with Gasteiger partial charge in [0.25, 0.3) is 5.56 Å². The summed E-state index contributed by atoms with van der Waals surface area (Å²) >= 11 is 6.00. The fourth-order valence-electron chi connectivity index (χ4n) is 2.53. The Morgan fingerprint density at radius 1 is 1.04 bits per heavy atom. The van der Waals surface area contributed by atoms with E-state index >= 15 is 0 Å². The number of nitrogens with zero attached hydrogens (tertiary/aromatic N) is 1. The minimum Gasteiger partial charge on any atom is -0.324 e. The van der Waals surface area contributed by atoms with Crippen molar-refractivity contribution in [1.29, 1.82) is 0 Å². The first-order valence-electron chi connectivity index (χ1n) is 7.99. The van der Waals surface area contributed by atoms with E-state index in [2.05, 4.69) is 5.32 Å². The summed E-state index contributed by atoms with van der Waals surface area (Å²) < 4.78 is 14.2. The Kier molecular flexibility index (Phi) is 5.47. The van der Waals surface area contributed by atoms with Crippen LogP contribution in [-0.2, 0) is 11.3 Å². The number of hydrogen-bond acceptors (Lipinski definition) is 3. The highest BCUT2D eigenvalue weighted by molar-refractivity contribution is 6.31. The lowest BCUT2D eigenvalue weighted by Gasteiger charge is -2.12. The molecule has 0 saturated carbocycles. The van der Waals surface area contributed by atoms with E-state index in [9.17, 15) is 18.8 Å². The summed E-state index contributed by atoms with van der Waals surface area (Å²) in [4.78, 5) is 36.8. The summed E-state index contributed by atoms with van der Waals surface area (Å²) in [6, 6.07) is 15.1. The zero-order valence-electron chi connectivity index (χ0n) is 14.0. The van der Waals surface area contributed by atoms with Gasteiger partial charge in [0.1, 0.15) is 12.4 Å². The molecule has 1 aromatic heterocycles. The molecule has 136 valence electrons. The Morgan fingerprint density at radius 2 is 1.78 bits per heavy atom. The van der Waals surface area contributed by atoms with Crippen LogP contribution in [-0.4, -0.2) is 16.3 Å². The van der Waals surface area contributed by atoms with Crippen LogP contribution in [0.1, 0.15) is 15.9 Å². The summed E-state index contributed by atoms with van der Waals surface area (Å²) in [5.74, 6) is -1.52. The van der Waals surface area contributed by atoms with Gasteiger partial charge in [-0.05, 0) is 24.3 Å². The number of benzene rings is 2. The van der Waals surface area contributed by atoms with Gasteiger partial charge in [0.05, 0.1) is 5.69 Å². The first-order chi connectivity index (χ1) is 12.9. The highest BCUT2D eigenvalue weighted by Crippen LogP contribution is 2.23. The smallest absolute Gasteiger partial charge is 0.251 e. The zero-order chi connectivity index (χ0) is 19.4. The van der Waals surface area contributed by atoms with Crippen LogP contribution in [0.15, 0.2) is 71.7 Å². The SMILES string of the molecule is O=C(Cn1cc(F)ccc1=O)Nc1ccc(Cl)cc1C(=O)c1ccccc1. The first kappa shape index (κ1) is 18.5. The molecule has 0 fully saturated rings. The number of nitrogens with one attached hydrogen (secondary N) is 1. The molecule has 0 aliphatic carbocycles. The third kappa shape index (κ3) is 4.48. The Labute approximate surface area is 159 Å². The largest absolute Gasteiger partial charge is 0.324 e. The predicted octanol–water partition coefficient (Wildman–Crippen LogP) is 3.51. The van der Waals surface area contributed by atoms with Gasteiger partial charge in [-0.25, -0.2) is 4.39 Å². The van der Waals surface area contributed by atoms with Gasteiger partial charge in [0, 0.05) is 28.4 Å². The van der Waals surface area contributed by atoms with Gasteiger partial charge in [-0.2, -0.15) is 0 Å². The third-order valence-electron chi connectivity index (χ3n) is 3.80. The second-order valence-electron chi connectivity index (χ2n) is 5.75. The van der Waals surface area contributed by atoms with E-state index in [1.807, 2.05) is 0 Å². The summed E-state index contributed by atoms with van der Waals surface area (Å²) in [5.41, 5.74) is 0.399. The number of ketones is 1. The van der Waals surface area contributed by atoms with Crippen LogP contribution in [0, 0.1) is 5.82 Å². The second-order valence-corrected chi connectivity index (χ2v) is 6.18. The van der Waals surface area contributed by atoms with Crippen molar-refractivity contribution in [3.63, 3.8) is 0 Å². The van der Waals surface area contributed by atoms with Crippen LogP contribution in [0.2, 0.25) is 5.02 Å². The zero-order valence-corrected chi connectivity index (χ0v) is 14.7. The quantitative estimate of drug-likeness (QED) is 0.684. The number of halogens is 2. The molecule has 0 saturated heterocycles. The molecule has 0 bridgehead atoms. The van der Waals surface area contributed by atoms with Crippen LogP contribution in [0.4, 0.5) is 10.1 Å². The maximum Gasteiger partial charge on any atom is 0.251 e.